The first-order valence-electron chi connectivity index (χ1n) is 12.2. The van der Waals surface area contributed by atoms with Crippen molar-refractivity contribution in [3.05, 3.63) is 34.5 Å². The SMILES string of the molecule is O=C1CO[C@H]2CCN(C(=O)N3CC4(CC(Cc5cc(=O)n6ccn(CC(F)(F)F)c6n5)C4)C3)C[C@H]2N1. The standard InChI is InChI=1S/C23H27F3N6O4/c24-23(25,26)13-30-3-4-32-19(34)6-15(27-20(30)32)5-14-7-22(8-14)11-31(12-22)21(35)29-2-1-17-16(9-29)28-18(33)10-36-17/h3-4,6,14,16-17H,1-2,5,7-13H2,(H,28,33)/t16-,17+/m1/s1. The lowest BCUT2D eigenvalue weighted by Crippen LogP contribution is -2.68. The molecule has 3 aliphatic heterocycles. The maximum Gasteiger partial charge on any atom is 0.406 e. The molecular formula is C23H27F3N6O4. The summed E-state index contributed by atoms with van der Waals surface area (Å²) < 4.78 is 46.2. The summed E-state index contributed by atoms with van der Waals surface area (Å²) >= 11 is 0. The first-order chi connectivity index (χ1) is 17.1. The summed E-state index contributed by atoms with van der Waals surface area (Å²) in [5.74, 6) is 0.111. The van der Waals surface area contributed by atoms with Crippen LogP contribution in [0.3, 0.4) is 0 Å². The van der Waals surface area contributed by atoms with E-state index in [-0.39, 0.29) is 47.8 Å². The molecule has 10 nitrogen and oxygen atoms in total. The number of morpholine rings is 1. The quantitative estimate of drug-likeness (QED) is 0.668. The zero-order valence-electron chi connectivity index (χ0n) is 19.5. The molecule has 1 saturated carbocycles. The van der Waals surface area contributed by atoms with Crippen molar-refractivity contribution in [1.82, 2.24) is 29.1 Å². The smallest absolute Gasteiger partial charge is 0.366 e. The number of hydrogen-bond acceptors (Lipinski definition) is 5. The molecule has 6 rings (SSSR count). The third-order valence-corrected chi connectivity index (χ3v) is 7.85. The van der Waals surface area contributed by atoms with Gasteiger partial charge in [0.25, 0.3) is 5.56 Å². The summed E-state index contributed by atoms with van der Waals surface area (Å²) in [6.45, 7) is 1.25. The van der Waals surface area contributed by atoms with Gasteiger partial charge in [-0.25, -0.2) is 9.78 Å². The molecule has 0 aromatic carbocycles. The van der Waals surface area contributed by atoms with E-state index in [4.69, 9.17) is 4.74 Å². The number of piperidine rings is 1. The van der Waals surface area contributed by atoms with E-state index in [2.05, 4.69) is 10.3 Å². The van der Waals surface area contributed by atoms with Gasteiger partial charge >= 0.3 is 12.2 Å². The second kappa shape index (κ2) is 8.22. The number of carbonyl (C=O) groups excluding carboxylic acids is 2. The molecule has 2 aromatic heterocycles. The minimum Gasteiger partial charge on any atom is -0.366 e. The van der Waals surface area contributed by atoms with Crippen molar-refractivity contribution in [2.45, 2.75) is 50.6 Å². The monoisotopic (exact) mass is 508 g/mol. The maximum absolute atomic E-state index is 13.0. The van der Waals surface area contributed by atoms with Crippen molar-refractivity contribution >= 4 is 17.7 Å². The summed E-state index contributed by atoms with van der Waals surface area (Å²) in [5.41, 5.74) is 0.166. The normalized spacial score (nSPS) is 25.9. The van der Waals surface area contributed by atoms with E-state index in [0.29, 0.717) is 44.7 Å². The van der Waals surface area contributed by atoms with Crippen molar-refractivity contribution in [3.63, 3.8) is 0 Å². The minimum absolute atomic E-state index is 0.00685. The van der Waals surface area contributed by atoms with Gasteiger partial charge in [-0.2, -0.15) is 13.2 Å². The molecule has 1 N–H and O–H groups in total. The number of amides is 3. The molecule has 13 heteroatoms. The molecule has 194 valence electrons. The highest BCUT2D eigenvalue weighted by molar-refractivity contribution is 5.79. The maximum atomic E-state index is 13.0. The zero-order valence-corrected chi connectivity index (χ0v) is 19.5. The van der Waals surface area contributed by atoms with Gasteiger partial charge in [0, 0.05) is 50.1 Å². The van der Waals surface area contributed by atoms with E-state index in [1.54, 1.807) is 4.90 Å². The van der Waals surface area contributed by atoms with Crippen LogP contribution in [0.5, 0.6) is 0 Å². The van der Waals surface area contributed by atoms with Crippen molar-refractivity contribution in [2.24, 2.45) is 11.3 Å². The Hall–Kier alpha value is -3.09. The molecule has 0 bridgehead atoms. The lowest BCUT2D eigenvalue weighted by atomic mass is 9.57. The zero-order chi connectivity index (χ0) is 25.2. The molecule has 4 aliphatic rings. The fourth-order valence-corrected chi connectivity index (χ4v) is 6.34. The van der Waals surface area contributed by atoms with E-state index in [1.807, 2.05) is 4.90 Å². The number of likely N-dealkylation sites (tertiary alicyclic amines) is 2. The average molecular weight is 509 g/mol. The number of urea groups is 1. The third kappa shape index (κ3) is 4.22. The van der Waals surface area contributed by atoms with Gasteiger partial charge < -0.3 is 24.4 Å². The Bertz CT molecular complexity index is 1260. The Morgan fingerprint density at radius 2 is 1.97 bits per heavy atom. The summed E-state index contributed by atoms with van der Waals surface area (Å²) in [5, 5.41) is 2.91. The predicted octanol–water partition coefficient (Wildman–Crippen LogP) is 1.02. The van der Waals surface area contributed by atoms with E-state index in [1.165, 1.54) is 18.5 Å². The molecule has 3 saturated heterocycles. The second-order valence-corrected chi connectivity index (χ2v) is 10.7. The van der Waals surface area contributed by atoms with E-state index >= 15 is 0 Å². The number of halogens is 3. The van der Waals surface area contributed by atoms with Gasteiger partial charge in [-0.3, -0.25) is 14.0 Å². The van der Waals surface area contributed by atoms with Crippen molar-refractivity contribution in [1.29, 1.82) is 0 Å². The largest absolute Gasteiger partial charge is 0.406 e. The fourth-order valence-electron chi connectivity index (χ4n) is 6.34. The molecule has 3 amide bonds. The molecule has 1 aliphatic carbocycles. The molecule has 4 fully saturated rings. The van der Waals surface area contributed by atoms with E-state index in [0.717, 1.165) is 21.8 Å². The Balaban J connectivity index is 1.03. The number of imidazole rings is 1. The molecule has 0 unspecified atom stereocenters. The number of carbonyl (C=O) groups is 2. The van der Waals surface area contributed by atoms with Crippen LogP contribution < -0.4 is 10.9 Å². The number of rotatable bonds is 3. The third-order valence-electron chi connectivity index (χ3n) is 7.85. The Kier molecular flexibility index (Phi) is 5.32. The minimum atomic E-state index is -4.41. The van der Waals surface area contributed by atoms with Gasteiger partial charge in [0.15, 0.2) is 0 Å². The lowest BCUT2D eigenvalue weighted by Gasteiger charge is -2.60. The van der Waals surface area contributed by atoms with Gasteiger partial charge in [-0.15, -0.1) is 0 Å². The second-order valence-electron chi connectivity index (χ2n) is 10.7. The first-order valence-corrected chi connectivity index (χ1v) is 12.2. The Morgan fingerprint density at radius 1 is 1.19 bits per heavy atom. The molecular weight excluding hydrogens is 481 g/mol. The van der Waals surface area contributed by atoms with E-state index < -0.39 is 18.3 Å². The number of alkyl halides is 3. The summed E-state index contributed by atoms with van der Waals surface area (Å²) in [4.78, 5) is 44.9. The highest BCUT2D eigenvalue weighted by atomic mass is 19.4. The van der Waals surface area contributed by atoms with Crippen LogP contribution in [-0.4, -0.2) is 86.8 Å². The van der Waals surface area contributed by atoms with E-state index in [9.17, 15) is 27.6 Å². The Morgan fingerprint density at radius 3 is 2.72 bits per heavy atom. The summed E-state index contributed by atoms with van der Waals surface area (Å²) in [7, 11) is 0. The van der Waals surface area contributed by atoms with Crippen LogP contribution >= 0.6 is 0 Å². The van der Waals surface area contributed by atoms with Crippen LogP contribution in [-0.2, 0) is 22.5 Å². The van der Waals surface area contributed by atoms with Gasteiger partial charge in [0.05, 0.1) is 17.8 Å². The van der Waals surface area contributed by atoms with Crippen LogP contribution in [0.4, 0.5) is 18.0 Å². The highest BCUT2D eigenvalue weighted by Gasteiger charge is 2.54. The van der Waals surface area contributed by atoms with Gasteiger partial charge in [-0.05, 0) is 31.6 Å². The lowest BCUT2D eigenvalue weighted by molar-refractivity contribution is -0.140. The molecule has 5 heterocycles. The van der Waals surface area contributed by atoms with Crippen LogP contribution in [0.25, 0.3) is 5.78 Å². The van der Waals surface area contributed by atoms with Gasteiger partial charge in [0.2, 0.25) is 11.7 Å². The van der Waals surface area contributed by atoms with Gasteiger partial charge in [0.1, 0.15) is 13.2 Å². The number of fused-ring (bicyclic) bond motifs is 2. The average Bonchev–Trinajstić information content (AvgIpc) is 3.15. The summed E-state index contributed by atoms with van der Waals surface area (Å²) in [6, 6.07) is 1.20. The number of aromatic nitrogens is 3. The number of nitrogens with one attached hydrogen (secondary N) is 1. The van der Waals surface area contributed by atoms with Crippen LogP contribution in [0.15, 0.2) is 23.3 Å². The molecule has 36 heavy (non-hydrogen) atoms. The molecule has 2 atom stereocenters. The molecule has 1 spiro atoms. The topological polar surface area (TPSA) is 101 Å². The fraction of sp³-hybridized carbons (Fsp3) is 0.652. The van der Waals surface area contributed by atoms with Crippen molar-refractivity contribution < 1.29 is 27.5 Å². The number of nitrogens with zero attached hydrogens (tertiary/aromatic N) is 5. The highest BCUT2D eigenvalue weighted by Crippen LogP contribution is 2.53. The first kappa shape index (κ1) is 23.3. The molecule has 0 radical (unpaired) electrons. The van der Waals surface area contributed by atoms with Crippen LogP contribution in [0, 0.1) is 11.3 Å². The predicted molar refractivity (Wildman–Crippen MR) is 119 cm³/mol. The van der Waals surface area contributed by atoms with Crippen LogP contribution in [0.1, 0.15) is 25.0 Å². The van der Waals surface area contributed by atoms with Crippen LogP contribution in [0.2, 0.25) is 0 Å². The number of ether oxygens (including phenoxy) is 1. The van der Waals surface area contributed by atoms with Crippen molar-refractivity contribution in [2.75, 3.05) is 32.8 Å². The van der Waals surface area contributed by atoms with Crippen molar-refractivity contribution in [3.8, 4) is 0 Å². The number of hydrogen-bond donors (Lipinski definition) is 1. The van der Waals surface area contributed by atoms with Gasteiger partial charge in [-0.1, -0.05) is 0 Å². The Labute approximate surface area is 204 Å². The summed E-state index contributed by atoms with van der Waals surface area (Å²) in [6.07, 6.45) is 1.06. The molecule has 2 aromatic rings.